The van der Waals surface area contributed by atoms with Crippen LogP contribution in [0.1, 0.15) is 44.3 Å². The van der Waals surface area contributed by atoms with Gasteiger partial charge in [0.2, 0.25) is 0 Å². The molecule has 2 saturated carbocycles. The van der Waals surface area contributed by atoms with Gasteiger partial charge in [0.25, 0.3) is 0 Å². The lowest BCUT2D eigenvalue weighted by Gasteiger charge is -2.13. The van der Waals surface area contributed by atoms with Gasteiger partial charge in [0.05, 0.1) is 6.10 Å². The van der Waals surface area contributed by atoms with E-state index in [2.05, 4.69) is 52.3 Å². The van der Waals surface area contributed by atoms with E-state index in [4.69, 9.17) is 0 Å². The molecule has 1 aromatic heterocycles. The summed E-state index contributed by atoms with van der Waals surface area (Å²) in [6.45, 7) is 4.36. The number of aliphatic hydroxyl groups excluding tert-OH is 1. The molecule has 0 saturated heterocycles. The fourth-order valence-electron chi connectivity index (χ4n) is 3.29. The zero-order chi connectivity index (χ0) is 11.4. The summed E-state index contributed by atoms with van der Waals surface area (Å²) in [5.74, 6) is 2.11. The average molecular weight is 332 g/mol. The third-order valence-electron chi connectivity index (χ3n) is 3.99. The molecule has 4 heteroatoms. The quantitative estimate of drug-likeness (QED) is 0.846. The number of fused-ring (bicyclic) bond motifs is 1. The molecule has 1 N–H and O–H groups in total. The van der Waals surface area contributed by atoms with E-state index in [1.165, 1.54) is 5.69 Å². The number of aromatic nitrogens is 2. The molecule has 1 aromatic rings. The van der Waals surface area contributed by atoms with Crippen molar-refractivity contribution in [2.24, 2.45) is 11.8 Å². The standard InChI is InChI=1S/C12H17IN2O/c1-6(2)15-10(5-11(13)14-15)12-8-3-7(16)4-9(8)12/h5-9,12,16H,3-4H2,1-2H3/t7?,8-,9-,12?/m0/s1. The van der Waals surface area contributed by atoms with E-state index in [0.717, 1.165) is 28.4 Å². The number of aliphatic hydroxyl groups is 1. The molecule has 88 valence electrons. The highest BCUT2D eigenvalue weighted by Crippen LogP contribution is 2.63. The lowest BCUT2D eigenvalue weighted by molar-refractivity contribution is 0.165. The first kappa shape index (κ1) is 11.0. The van der Waals surface area contributed by atoms with Gasteiger partial charge in [-0.05, 0) is 67.2 Å². The van der Waals surface area contributed by atoms with Gasteiger partial charge in [-0.1, -0.05) is 0 Å². The van der Waals surface area contributed by atoms with Crippen molar-refractivity contribution in [1.82, 2.24) is 9.78 Å². The van der Waals surface area contributed by atoms with Gasteiger partial charge in [-0.2, -0.15) is 5.10 Å². The van der Waals surface area contributed by atoms with E-state index in [1.54, 1.807) is 0 Å². The molecule has 16 heavy (non-hydrogen) atoms. The number of halogens is 1. The SMILES string of the molecule is CC(C)n1nc(I)cc1C1[C@H]2CC(O)C[C@H]12. The molecule has 0 aromatic carbocycles. The average Bonchev–Trinajstić information content (AvgIpc) is 2.60. The van der Waals surface area contributed by atoms with Crippen molar-refractivity contribution >= 4 is 22.6 Å². The summed E-state index contributed by atoms with van der Waals surface area (Å²) in [5, 5.41) is 14.1. The highest BCUT2D eigenvalue weighted by atomic mass is 127. The molecular weight excluding hydrogens is 315 g/mol. The summed E-state index contributed by atoms with van der Waals surface area (Å²) >= 11 is 2.29. The molecule has 0 radical (unpaired) electrons. The Hall–Kier alpha value is -0.100. The molecule has 0 amide bonds. The lowest BCUT2D eigenvalue weighted by atomic mass is 10.1. The van der Waals surface area contributed by atoms with Crippen molar-refractivity contribution in [1.29, 1.82) is 0 Å². The van der Waals surface area contributed by atoms with E-state index in [1.807, 2.05) is 0 Å². The second-order valence-electron chi connectivity index (χ2n) is 5.41. The van der Waals surface area contributed by atoms with Gasteiger partial charge in [-0.25, -0.2) is 0 Å². The van der Waals surface area contributed by atoms with E-state index >= 15 is 0 Å². The van der Waals surface area contributed by atoms with E-state index in [9.17, 15) is 5.11 Å². The highest BCUT2D eigenvalue weighted by Gasteiger charge is 2.57. The van der Waals surface area contributed by atoms with E-state index in [0.29, 0.717) is 12.0 Å². The molecule has 0 spiro atoms. The smallest absolute Gasteiger partial charge is 0.123 e. The number of hydrogen-bond donors (Lipinski definition) is 1. The maximum absolute atomic E-state index is 9.55. The third kappa shape index (κ3) is 1.61. The van der Waals surface area contributed by atoms with Crippen LogP contribution >= 0.6 is 22.6 Å². The predicted octanol–water partition coefficient (Wildman–Crippen LogP) is 2.55. The van der Waals surface area contributed by atoms with Crippen LogP contribution in [0.4, 0.5) is 0 Å². The van der Waals surface area contributed by atoms with Gasteiger partial charge in [0.15, 0.2) is 0 Å². The van der Waals surface area contributed by atoms with Crippen molar-refractivity contribution in [3.8, 4) is 0 Å². The summed E-state index contributed by atoms with van der Waals surface area (Å²) in [6.07, 6.45) is 1.95. The summed E-state index contributed by atoms with van der Waals surface area (Å²) in [4.78, 5) is 0. The van der Waals surface area contributed by atoms with Crippen molar-refractivity contribution in [2.45, 2.75) is 44.8 Å². The third-order valence-corrected chi connectivity index (χ3v) is 4.51. The Labute approximate surface area is 109 Å². The minimum Gasteiger partial charge on any atom is -0.393 e. The van der Waals surface area contributed by atoms with E-state index in [-0.39, 0.29) is 6.10 Å². The summed E-state index contributed by atoms with van der Waals surface area (Å²) in [5.41, 5.74) is 1.39. The fraction of sp³-hybridized carbons (Fsp3) is 0.750. The highest BCUT2D eigenvalue weighted by molar-refractivity contribution is 14.1. The van der Waals surface area contributed by atoms with Crippen LogP contribution in [0.5, 0.6) is 0 Å². The first-order chi connectivity index (χ1) is 7.58. The van der Waals surface area contributed by atoms with Gasteiger partial charge >= 0.3 is 0 Å². The van der Waals surface area contributed by atoms with Gasteiger partial charge in [-0.15, -0.1) is 0 Å². The molecule has 3 rings (SSSR count). The van der Waals surface area contributed by atoms with Crippen molar-refractivity contribution in [2.75, 3.05) is 0 Å². The van der Waals surface area contributed by atoms with Gasteiger partial charge in [-0.3, -0.25) is 4.68 Å². The largest absolute Gasteiger partial charge is 0.393 e. The lowest BCUT2D eigenvalue weighted by Crippen LogP contribution is -2.10. The zero-order valence-electron chi connectivity index (χ0n) is 9.60. The van der Waals surface area contributed by atoms with Crippen LogP contribution < -0.4 is 0 Å². The molecule has 1 heterocycles. The topological polar surface area (TPSA) is 38.0 Å². The Balaban J connectivity index is 1.86. The van der Waals surface area contributed by atoms with Crippen molar-refractivity contribution in [3.05, 3.63) is 15.5 Å². The Kier molecular flexibility index (Phi) is 2.55. The Morgan fingerprint density at radius 3 is 2.62 bits per heavy atom. The number of rotatable bonds is 2. The van der Waals surface area contributed by atoms with Crippen LogP contribution in [0.2, 0.25) is 0 Å². The van der Waals surface area contributed by atoms with Crippen LogP contribution in [-0.2, 0) is 0 Å². The first-order valence-corrected chi connectivity index (χ1v) is 7.09. The van der Waals surface area contributed by atoms with Crippen molar-refractivity contribution < 1.29 is 5.11 Å². The van der Waals surface area contributed by atoms with Crippen LogP contribution in [-0.4, -0.2) is 21.0 Å². The van der Waals surface area contributed by atoms with Crippen LogP contribution in [0.25, 0.3) is 0 Å². The molecule has 2 aliphatic carbocycles. The molecule has 3 nitrogen and oxygen atoms in total. The Morgan fingerprint density at radius 2 is 2.06 bits per heavy atom. The second kappa shape index (κ2) is 3.70. The summed E-state index contributed by atoms with van der Waals surface area (Å²) in [7, 11) is 0. The molecule has 2 atom stereocenters. The maximum atomic E-state index is 9.55. The predicted molar refractivity (Wildman–Crippen MR) is 70.3 cm³/mol. The molecule has 0 bridgehead atoms. The number of hydrogen-bond acceptors (Lipinski definition) is 2. The molecule has 0 unspecified atom stereocenters. The molecule has 0 aliphatic heterocycles. The van der Waals surface area contributed by atoms with Gasteiger partial charge in [0, 0.05) is 17.7 Å². The maximum Gasteiger partial charge on any atom is 0.123 e. The summed E-state index contributed by atoms with van der Waals surface area (Å²) < 4.78 is 3.25. The first-order valence-electron chi connectivity index (χ1n) is 6.01. The normalized spacial score (nSPS) is 33.4. The van der Waals surface area contributed by atoms with Crippen LogP contribution in [0.15, 0.2) is 6.07 Å². The molecule has 2 aliphatic rings. The van der Waals surface area contributed by atoms with E-state index < -0.39 is 0 Å². The van der Waals surface area contributed by atoms with Crippen molar-refractivity contribution in [3.63, 3.8) is 0 Å². The van der Waals surface area contributed by atoms with Gasteiger partial charge < -0.3 is 5.11 Å². The Bertz CT molecular complexity index is 403. The Morgan fingerprint density at radius 1 is 1.44 bits per heavy atom. The second-order valence-corrected chi connectivity index (χ2v) is 6.51. The molecular formula is C12H17IN2O. The minimum atomic E-state index is -0.0410. The van der Waals surface area contributed by atoms with Crippen LogP contribution in [0.3, 0.4) is 0 Å². The van der Waals surface area contributed by atoms with Crippen LogP contribution in [0, 0.1) is 15.5 Å². The fourth-order valence-corrected chi connectivity index (χ4v) is 3.84. The molecule has 2 fully saturated rings. The number of nitrogens with zero attached hydrogens (tertiary/aromatic N) is 2. The minimum absolute atomic E-state index is 0.0410. The monoisotopic (exact) mass is 332 g/mol. The summed E-state index contributed by atoms with van der Waals surface area (Å²) in [6, 6.07) is 2.65. The van der Waals surface area contributed by atoms with Gasteiger partial charge in [0.1, 0.15) is 3.70 Å². The zero-order valence-corrected chi connectivity index (χ0v) is 11.8.